The van der Waals surface area contributed by atoms with Crippen molar-refractivity contribution in [3.8, 4) is 0 Å². The number of nitrogens with one attached hydrogen (secondary N) is 1. The summed E-state index contributed by atoms with van der Waals surface area (Å²) < 4.78 is 9.48. The van der Waals surface area contributed by atoms with Gasteiger partial charge in [0.25, 0.3) is 0 Å². The van der Waals surface area contributed by atoms with Crippen LogP contribution >= 0.6 is 15.9 Å². The lowest BCUT2D eigenvalue weighted by molar-refractivity contribution is -0.123. The molecule has 0 saturated carbocycles. The van der Waals surface area contributed by atoms with Crippen LogP contribution in [0.5, 0.6) is 0 Å². The molecule has 0 radical (unpaired) electrons. The van der Waals surface area contributed by atoms with Crippen molar-refractivity contribution in [2.24, 2.45) is 0 Å². The first-order valence-corrected chi connectivity index (χ1v) is 5.20. The van der Waals surface area contributed by atoms with Gasteiger partial charge in [-0.1, -0.05) is 15.9 Å². The topological polar surface area (TPSA) is 47.6 Å². The molecule has 0 aliphatic heterocycles. The lowest BCUT2D eigenvalue weighted by atomic mass is 10.2. The average Bonchev–Trinajstić information content (AvgIpc) is 2.10. The van der Waals surface area contributed by atoms with Crippen molar-refractivity contribution in [2.75, 3.05) is 27.4 Å². The molecule has 4 nitrogen and oxygen atoms in total. The van der Waals surface area contributed by atoms with Gasteiger partial charge in [-0.2, -0.15) is 0 Å². The molecule has 84 valence electrons. The quantitative estimate of drug-likeness (QED) is 0.729. The first kappa shape index (κ1) is 13.9. The second-order valence-corrected chi connectivity index (χ2v) is 5.48. The Hall–Kier alpha value is -0.130. The van der Waals surface area contributed by atoms with Crippen LogP contribution in [0.4, 0.5) is 0 Å². The molecule has 0 aliphatic carbocycles. The van der Waals surface area contributed by atoms with Crippen molar-refractivity contribution in [3.05, 3.63) is 0 Å². The highest BCUT2D eigenvalue weighted by molar-refractivity contribution is 9.10. The zero-order chi connectivity index (χ0) is 11.2. The number of halogens is 1. The zero-order valence-corrected chi connectivity index (χ0v) is 10.7. The molecule has 0 spiro atoms. The Bertz CT molecular complexity index is 179. The molecule has 0 rings (SSSR count). The molecule has 0 aromatic carbocycles. The van der Waals surface area contributed by atoms with Gasteiger partial charge in [-0.25, -0.2) is 0 Å². The van der Waals surface area contributed by atoms with Crippen LogP contribution in [-0.4, -0.2) is 43.7 Å². The molecular formula is C9H18BrNO3. The maximum Gasteiger partial charge on any atom is 0.236 e. The molecule has 1 atom stereocenters. The lowest BCUT2D eigenvalue weighted by Crippen LogP contribution is -2.42. The number of rotatable bonds is 6. The number of carbonyl (C=O) groups is 1. The smallest absolute Gasteiger partial charge is 0.236 e. The van der Waals surface area contributed by atoms with Gasteiger partial charge in [-0.05, 0) is 13.8 Å². The zero-order valence-electron chi connectivity index (χ0n) is 9.09. The summed E-state index contributed by atoms with van der Waals surface area (Å²) in [7, 11) is 3.19. The molecule has 14 heavy (non-hydrogen) atoms. The van der Waals surface area contributed by atoms with Crippen LogP contribution in [0.1, 0.15) is 13.8 Å². The minimum Gasteiger partial charge on any atom is -0.382 e. The van der Waals surface area contributed by atoms with Crippen LogP contribution in [0.2, 0.25) is 0 Å². The first-order chi connectivity index (χ1) is 6.41. The van der Waals surface area contributed by atoms with Gasteiger partial charge in [0.15, 0.2) is 0 Å². The van der Waals surface area contributed by atoms with E-state index in [4.69, 9.17) is 9.47 Å². The van der Waals surface area contributed by atoms with E-state index in [9.17, 15) is 4.79 Å². The Morgan fingerprint density at radius 3 is 2.43 bits per heavy atom. The van der Waals surface area contributed by atoms with E-state index in [0.717, 1.165) is 0 Å². The summed E-state index contributed by atoms with van der Waals surface area (Å²) in [6.45, 7) is 4.51. The summed E-state index contributed by atoms with van der Waals surface area (Å²) in [5, 5.41) is 2.77. The number of methoxy groups -OCH3 is 2. The van der Waals surface area contributed by atoms with E-state index < -0.39 is 4.32 Å². The van der Waals surface area contributed by atoms with Crippen molar-refractivity contribution in [1.29, 1.82) is 0 Å². The number of ether oxygens (including phenoxy) is 2. The Morgan fingerprint density at radius 1 is 1.50 bits per heavy atom. The largest absolute Gasteiger partial charge is 0.382 e. The van der Waals surface area contributed by atoms with Crippen LogP contribution in [0.25, 0.3) is 0 Å². The van der Waals surface area contributed by atoms with Gasteiger partial charge >= 0.3 is 0 Å². The summed E-state index contributed by atoms with van der Waals surface area (Å²) in [6, 6.07) is 0. The maximum atomic E-state index is 11.4. The Labute approximate surface area is 93.5 Å². The molecule has 0 heterocycles. The molecular weight excluding hydrogens is 250 g/mol. The molecule has 0 saturated heterocycles. The second-order valence-electron chi connectivity index (χ2n) is 3.50. The van der Waals surface area contributed by atoms with Crippen molar-refractivity contribution >= 4 is 21.8 Å². The number of hydrogen-bond donors (Lipinski definition) is 1. The number of carbonyl (C=O) groups excluding carboxylic acids is 1. The van der Waals surface area contributed by atoms with Crippen molar-refractivity contribution in [3.63, 3.8) is 0 Å². The molecule has 0 fully saturated rings. The van der Waals surface area contributed by atoms with Crippen LogP contribution in [0.15, 0.2) is 0 Å². The predicted molar refractivity (Wildman–Crippen MR) is 58.7 cm³/mol. The fraction of sp³-hybridized carbons (Fsp3) is 0.889. The Balaban J connectivity index is 3.85. The Kier molecular flexibility index (Phi) is 6.31. The van der Waals surface area contributed by atoms with Crippen molar-refractivity contribution in [1.82, 2.24) is 5.32 Å². The molecule has 1 amide bonds. The van der Waals surface area contributed by atoms with Gasteiger partial charge in [-0.15, -0.1) is 0 Å². The number of amides is 1. The van der Waals surface area contributed by atoms with Gasteiger partial charge in [-0.3, -0.25) is 4.79 Å². The van der Waals surface area contributed by atoms with Gasteiger partial charge in [0.1, 0.15) is 0 Å². The highest BCUT2D eigenvalue weighted by atomic mass is 79.9. The van der Waals surface area contributed by atoms with E-state index in [1.54, 1.807) is 28.1 Å². The van der Waals surface area contributed by atoms with E-state index in [2.05, 4.69) is 21.2 Å². The van der Waals surface area contributed by atoms with Crippen molar-refractivity contribution < 1.29 is 14.3 Å². The van der Waals surface area contributed by atoms with Gasteiger partial charge < -0.3 is 14.8 Å². The summed E-state index contributed by atoms with van der Waals surface area (Å²) >= 11 is 3.27. The average molecular weight is 268 g/mol. The number of alkyl halides is 1. The predicted octanol–water partition coefficient (Wildman–Crippen LogP) is 0.938. The fourth-order valence-corrected chi connectivity index (χ4v) is 0.953. The van der Waals surface area contributed by atoms with E-state index >= 15 is 0 Å². The van der Waals surface area contributed by atoms with Gasteiger partial charge in [0, 0.05) is 20.8 Å². The van der Waals surface area contributed by atoms with Crippen LogP contribution < -0.4 is 5.32 Å². The van der Waals surface area contributed by atoms with Gasteiger partial charge in [0.2, 0.25) is 5.91 Å². The van der Waals surface area contributed by atoms with Crippen LogP contribution in [0.3, 0.4) is 0 Å². The minimum absolute atomic E-state index is 0.0596. The first-order valence-electron chi connectivity index (χ1n) is 4.40. The second kappa shape index (κ2) is 6.37. The summed E-state index contributed by atoms with van der Waals surface area (Å²) in [4.78, 5) is 11.4. The van der Waals surface area contributed by atoms with E-state index in [1.165, 1.54) is 0 Å². The van der Waals surface area contributed by atoms with Crippen LogP contribution in [-0.2, 0) is 14.3 Å². The standard InChI is InChI=1S/C9H18BrNO3/c1-9(2,10)8(12)11-5-7(14-4)6-13-3/h7H,5-6H2,1-4H3,(H,11,12). The molecule has 1 unspecified atom stereocenters. The third kappa shape index (κ3) is 5.57. The maximum absolute atomic E-state index is 11.4. The lowest BCUT2D eigenvalue weighted by Gasteiger charge is -2.19. The molecule has 0 aromatic rings. The third-order valence-electron chi connectivity index (χ3n) is 1.72. The summed E-state index contributed by atoms with van der Waals surface area (Å²) in [5.74, 6) is -0.0596. The number of hydrogen-bond acceptors (Lipinski definition) is 3. The highest BCUT2D eigenvalue weighted by Crippen LogP contribution is 2.15. The highest BCUT2D eigenvalue weighted by Gasteiger charge is 2.23. The van der Waals surface area contributed by atoms with E-state index in [1.807, 2.05) is 0 Å². The van der Waals surface area contributed by atoms with Crippen molar-refractivity contribution in [2.45, 2.75) is 24.3 Å². The fourth-order valence-electron chi connectivity index (χ4n) is 0.813. The molecule has 0 aromatic heterocycles. The van der Waals surface area contributed by atoms with E-state index in [-0.39, 0.29) is 12.0 Å². The SMILES string of the molecule is COCC(CNC(=O)C(C)(C)Br)OC. The molecule has 5 heteroatoms. The van der Waals surface area contributed by atoms with Gasteiger partial charge in [0.05, 0.1) is 17.0 Å². The molecule has 0 aliphatic rings. The minimum atomic E-state index is -0.543. The van der Waals surface area contributed by atoms with Crippen LogP contribution in [0, 0.1) is 0 Å². The molecule has 0 bridgehead atoms. The Morgan fingerprint density at radius 2 is 2.07 bits per heavy atom. The third-order valence-corrected chi connectivity index (χ3v) is 2.08. The molecule has 1 N–H and O–H groups in total. The monoisotopic (exact) mass is 267 g/mol. The normalized spacial score (nSPS) is 13.8. The summed E-state index contributed by atoms with van der Waals surface area (Å²) in [5.41, 5.74) is 0. The van der Waals surface area contributed by atoms with E-state index in [0.29, 0.717) is 13.2 Å². The summed E-state index contributed by atoms with van der Waals surface area (Å²) in [6.07, 6.45) is -0.0983.